The second-order valence-corrected chi connectivity index (χ2v) is 10.6. The molecule has 2 fully saturated rings. The number of piperidine rings is 1. The molecule has 0 spiro atoms. The Bertz CT molecular complexity index is 882. The Labute approximate surface area is 183 Å². The maximum Gasteiger partial charge on any atom is 0.309 e. The van der Waals surface area contributed by atoms with Crippen LogP contribution in [-0.4, -0.2) is 50.3 Å². The summed E-state index contributed by atoms with van der Waals surface area (Å²) >= 11 is 0. The summed E-state index contributed by atoms with van der Waals surface area (Å²) in [7, 11) is -3.73. The molecule has 2 aliphatic rings. The molecule has 0 bridgehead atoms. The Morgan fingerprint density at radius 2 is 1.74 bits per heavy atom. The molecule has 7 nitrogen and oxygen atoms in total. The smallest absolute Gasteiger partial charge is 0.309 e. The van der Waals surface area contributed by atoms with Gasteiger partial charge in [-0.05, 0) is 55.4 Å². The minimum absolute atomic E-state index is 0.0258. The van der Waals surface area contributed by atoms with E-state index in [1.54, 1.807) is 0 Å². The quantitative estimate of drug-likeness (QED) is 0.667. The summed E-state index contributed by atoms with van der Waals surface area (Å²) in [5.74, 6) is -0.772. The molecule has 31 heavy (non-hydrogen) atoms. The highest BCUT2D eigenvalue weighted by Crippen LogP contribution is 2.29. The molecule has 1 saturated carbocycles. The van der Waals surface area contributed by atoms with Crippen molar-refractivity contribution in [1.82, 2.24) is 9.62 Å². The fourth-order valence-corrected chi connectivity index (χ4v) is 5.85. The summed E-state index contributed by atoms with van der Waals surface area (Å²) in [4.78, 5) is 24.6. The summed E-state index contributed by atoms with van der Waals surface area (Å²) in [5, 5.41) is 2.98. The van der Waals surface area contributed by atoms with Crippen molar-refractivity contribution in [3.05, 3.63) is 30.1 Å². The van der Waals surface area contributed by atoms with Crippen molar-refractivity contribution in [2.24, 2.45) is 17.8 Å². The van der Waals surface area contributed by atoms with Crippen LogP contribution in [0.25, 0.3) is 0 Å². The number of nitrogens with one attached hydrogen (secondary N) is 1. The molecule has 3 rings (SSSR count). The number of amides is 1. The normalized spacial score (nSPS) is 25.7. The molecule has 0 aromatic heterocycles. The van der Waals surface area contributed by atoms with Gasteiger partial charge in [-0.2, -0.15) is 4.31 Å². The number of carbonyl (C=O) groups is 2. The van der Waals surface area contributed by atoms with Crippen molar-refractivity contribution < 1.29 is 27.1 Å². The SMILES string of the molecule is C[C@H]1[C@@H](NC(=O)COC(=O)C2CCN(S(=O)(=O)c3ccc(F)cc3)CC2)CCC[C@@H]1C. The van der Waals surface area contributed by atoms with Gasteiger partial charge in [-0.25, -0.2) is 12.8 Å². The van der Waals surface area contributed by atoms with Crippen molar-refractivity contribution in [3.63, 3.8) is 0 Å². The van der Waals surface area contributed by atoms with Gasteiger partial charge in [0.1, 0.15) is 5.82 Å². The molecule has 1 aromatic carbocycles. The first-order valence-electron chi connectivity index (χ1n) is 10.9. The topological polar surface area (TPSA) is 92.8 Å². The largest absolute Gasteiger partial charge is 0.455 e. The molecule has 1 amide bonds. The van der Waals surface area contributed by atoms with Crippen molar-refractivity contribution in [1.29, 1.82) is 0 Å². The van der Waals surface area contributed by atoms with E-state index in [1.807, 2.05) is 0 Å². The molecule has 1 aliphatic carbocycles. The van der Waals surface area contributed by atoms with E-state index >= 15 is 0 Å². The van der Waals surface area contributed by atoms with Crippen molar-refractivity contribution in [3.8, 4) is 0 Å². The molecule has 1 aliphatic heterocycles. The Hall–Kier alpha value is -2.00. The molecule has 1 N–H and O–H groups in total. The Morgan fingerprint density at radius 1 is 1.10 bits per heavy atom. The standard InChI is InChI=1S/C22H31FN2O5S/c1-15-4-3-5-20(16(15)2)24-21(26)14-30-22(27)17-10-12-25(13-11-17)31(28,29)19-8-6-18(23)7-9-19/h6-9,15-17,20H,3-5,10-14H2,1-2H3,(H,24,26)/t15-,16+,20-/m0/s1. The zero-order valence-electron chi connectivity index (χ0n) is 18.1. The average Bonchev–Trinajstić information content (AvgIpc) is 2.75. The summed E-state index contributed by atoms with van der Waals surface area (Å²) in [5.41, 5.74) is 0. The van der Waals surface area contributed by atoms with Crippen LogP contribution < -0.4 is 5.32 Å². The van der Waals surface area contributed by atoms with Gasteiger partial charge in [0.15, 0.2) is 6.61 Å². The van der Waals surface area contributed by atoms with Gasteiger partial charge in [0.25, 0.3) is 5.91 Å². The monoisotopic (exact) mass is 454 g/mol. The van der Waals surface area contributed by atoms with Crippen LogP contribution >= 0.6 is 0 Å². The first kappa shape index (κ1) is 23.7. The maximum absolute atomic E-state index is 13.1. The third-order valence-electron chi connectivity index (χ3n) is 6.64. The molecular formula is C22H31FN2O5S. The summed E-state index contributed by atoms with van der Waals surface area (Å²) in [6.45, 7) is 4.34. The van der Waals surface area contributed by atoms with E-state index in [-0.39, 0.29) is 36.5 Å². The number of esters is 1. The van der Waals surface area contributed by atoms with Crippen LogP contribution in [0.5, 0.6) is 0 Å². The fourth-order valence-electron chi connectivity index (χ4n) is 4.38. The van der Waals surface area contributed by atoms with E-state index in [0.29, 0.717) is 24.7 Å². The Morgan fingerprint density at radius 3 is 2.39 bits per heavy atom. The molecule has 0 unspecified atom stereocenters. The molecular weight excluding hydrogens is 423 g/mol. The predicted molar refractivity (Wildman–Crippen MR) is 113 cm³/mol. The predicted octanol–water partition coefficient (Wildman–Crippen LogP) is 2.71. The Kier molecular flexibility index (Phi) is 7.69. The highest BCUT2D eigenvalue weighted by atomic mass is 32.2. The maximum atomic E-state index is 13.1. The van der Waals surface area contributed by atoms with E-state index in [2.05, 4.69) is 19.2 Å². The van der Waals surface area contributed by atoms with E-state index in [9.17, 15) is 22.4 Å². The molecule has 9 heteroatoms. The second kappa shape index (κ2) is 10.1. The van der Waals surface area contributed by atoms with E-state index in [4.69, 9.17) is 4.74 Å². The number of hydrogen-bond donors (Lipinski definition) is 1. The lowest BCUT2D eigenvalue weighted by atomic mass is 9.78. The number of benzene rings is 1. The van der Waals surface area contributed by atoms with Crippen molar-refractivity contribution in [2.45, 2.75) is 56.9 Å². The van der Waals surface area contributed by atoms with Crippen LogP contribution in [0.15, 0.2) is 29.2 Å². The first-order valence-corrected chi connectivity index (χ1v) is 12.3. The van der Waals surface area contributed by atoms with Crippen LogP contribution in [0, 0.1) is 23.6 Å². The highest BCUT2D eigenvalue weighted by Gasteiger charge is 2.33. The van der Waals surface area contributed by atoms with Gasteiger partial charge in [0.2, 0.25) is 10.0 Å². The first-order chi connectivity index (χ1) is 14.7. The second-order valence-electron chi connectivity index (χ2n) is 8.68. The van der Waals surface area contributed by atoms with Crippen molar-refractivity contribution >= 4 is 21.9 Å². The van der Waals surface area contributed by atoms with Gasteiger partial charge >= 0.3 is 5.97 Å². The van der Waals surface area contributed by atoms with Gasteiger partial charge in [-0.3, -0.25) is 9.59 Å². The number of rotatable bonds is 6. The van der Waals surface area contributed by atoms with Gasteiger partial charge in [0, 0.05) is 19.1 Å². The molecule has 1 aromatic rings. The zero-order valence-corrected chi connectivity index (χ0v) is 18.9. The number of sulfonamides is 1. The lowest BCUT2D eigenvalue weighted by Gasteiger charge is -2.34. The molecule has 1 saturated heterocycles. The van der Waals surface area contributed by atoms with Crippen LogP contribution in [-0.2, 0) is 24.3 Å². The van der Waals surface area contributed by atoms with Gasteiger partial charge in [-0.15, -0.1) is 0 Å². The van der Waals surface area contributed by atoms with E-state index in [0.717, 1.165) is 31.4 Å². The molecule has 172 valence electrons. The molecule has 0 radical (unpaired) electrons. The van der Waals surface area contributed by atoms with E-state index < -0.39 is 27.7 Å². The summed E-state index contributed by atoms with van der Waals surface area (Å²) in [6, 6.07) is 4.79. The number of nitrogens with zero attached hydrogens (tertiary/aromatic N) is 1. The summed E-state index contributed by atoms with van der Waals surface area (Å²) < 4.78 is 44.9. The lowest BCUT2D eigenvalue weighted by molar-refractivity contribution is -0.154. The highest BCUT2D eigenvalue weighted by molar-refractivity contribution is 7.89. The average molecular weight is 455 g/mol. The minimum Gasteiger partial charge on any atom is -0.455 e. The third kappa shape index (κ3) is 5.83. The summed E-state index contributed by atoms with van der Waals surface area (Å²) in [6.07, 6.45) is 3.82. The molecule has 3 atom stereocenters. The Balaban J connectivity index is 1.45. The fraction of sp³-hybridized carbons (Fsp3) is 0.636. The van der Waals surface area contributed by atoms with E-state index in [1.165, 1.54) is 16.4 Å². The van der Waals surface area contributed by atoms with Gasteiger partial charge < -0.3 is 10.1 Å². The van der Waals surface area contributed by atoms with Crippen LogP contribution in [0.4, 0.5) is 4.39 Å². The lowest BCUT2D eigenvalue weighted by Crippen LogP contribution is -2.45. The number of halogens is 1. The van der Waals surface area contributed by atoms with Crippen LogP contribution in [0.2, 0.25) is 0 Å². The van der Waals surface area contributed by atoms with Crippen molar-refractivity contribution in [2.75, 3.05) is 19.7 Å². The van der Waals surface area contributed by atoms with Gasteiger partial charge in [0.05, 0.1) is 10.8 Å². The minimum atomic E-state index is -3.73. The van der Waals surface area contributed by atoms with Crippen LogP contribution in [0.3, 0.4) is 0 Å². The third-order valence-corrected chi connectivity index (χ3v) is 8.55. The number of hydrogen-bond acceptors (Lipinski definition) is 5. The number of carbonyl (C=O) groups excluding carboxylic acids is 2. The molecule has 1 heterocycles. The van der Waals surface area contributed by atoms with Crippen LogP contribution in [0.1, 0.15) is 46.0 Å². The zero-order chi connectivity index (χ0) is 22.6. The van der Waals surface area contributed by atoms with Gasteiger partial charge in [-0.1, -0.05) is 26.7 Å². The number of ether oxygens (including phenoxy) is 1.